The number of ether oxygens (including phenoxy) is 1. The van der Waals surface area contributed by atoms with E-state index >= 15 is 0 Å². The second kappa shape index (κ2) is 14.2. The molecule has 0 unspecified atom stereocenters. The van der Waals surface area contributed by atoms with Gasteiger partial charge in [0, 0.05) is 76.5 Å². The van der Waals surface area contributed by atoms with E-state index in [0.717, 1.165) is 6.07 Å². The molecular weight excluding hydrogens is 581 g/mol. The zero-order valence-electron chi connectivity index (χ0n) is 25.2. The SMILES string of the molecule is CCCn1c(=O)c2c(n(CCCOC)c1=O)N=C(c1ccc(N(CCCn3ccccc3=O)C(=O)c3ccc(F)nc3)nc1)C2. The number of aryl methyl sites for hydroxylation is 1. The van der Waals surface area contributed by atoms with Crippen molar-refractivity contribution in [1.29, 1.82) is 0 Å². The number of fused-ring (bicyclic) bond motifs is 1. The number of anilines is 1. The second-order valence-corrected chi connectivity index (χ2v) is 10.6. The minimum Gasteiger partial charge on any atom is -0.385 e. The van der Waals surface area contributed by atoms with Gasteiger partial charge in [0.2, 0.25) is 11.5 Å². The summed E-state index contributed by atoms with van der Waals surface area (Å²) in [5, 5.41) is 0. The van der Waals surface area contributed by atoms with Gasteiger partial charge < -0.3 is 9.30 Å². The van der Waals surface area contributed by atoms with Crippen molar-refractivity contribution in [2.24, 2.45) is 4.99 Å². The van der Waals surface area contributed by atoms with Crippen LogP contribution in [-0.4, -0.2) is 55.5 Å². The number of methoxy groups -OCH3 is 1. The minimum atomic E-state index is -0.701. The molecule has 0 saturated carbocycles. The molecule has 0 bridgehead atoms. The number of rotatable bonds is 13. The van der Waals surface area contributed by atoms with Crippen LogP contribution < -0.4 is 21.7 Å². The van der Waals surface area contributed by atoms with Gasteiger partial charge in [0.25, 0.3) is 11.5 Å². The molecule has 5 rings (SSSR count). The van der Waals surface area contributed by atoms with E-state index in [1.807, 2.05) is 6.92 Å². The molecule has 0 aromatic carbocycles. The van der Waals surface area contributed by atoms with Crippen molar-refractivity contribution in [3.05, 3.63) is 115 Å². The molecule has 0 fully saturated rings. The van der Waals surface area contributed by atoms with E-state index < -0.39 is 17.5 Å². The van der Waals surface area contributed by atoms with Gasteiger partial charge in [0.05, 0.1) is 16.8 Å². The molecule has 0 radical (unpaired) electrons. The van der Waals surface area contributed by atoms with Crippen LogP contribution in [0.5, 0.6) is 0 Å². The Balaban J connectivity index is 1.43. The molecule has 4 aromatic heterocycles. The van der Waals surface area contributed by atoms with E-state index in [2.05, 4.69) is 9.97 Å². The Morgan fingerprint density at radius 3 is 2.51 bits per heavy atom. The molecule has 0 spiro atoms. The standard InChI is InChI=1S/C32H34FN7O5/c1-3-13-40-31(43)24-19-25(36-29(24)39(32(40)44)17-7-18-45-2)22-10-12-27(35-20-22)38(30(42)23-9-11-26(33)34-21-23)16-6-15-37-14-5-4-8-28(37)41/h4-5,8-12,14,20-21H,3,6-7,13,15-19H2,1-2H3. The summed E-state index contributed by atoms with van der Waals surface area (Å²) < 4.78 is 23.0. The van der Waals surface area contributed by atoms with Crippen molar-refractivity contribution in [1.82, 2.24) is 23.7 Å². The fourth-order valence-corrected chi connectivity index (χ4v) is 5.26. The van der Waals surface area contributed by atoms with Gasteiger partial charge in [0.1, 0.15) is 11.6 Å². The van der Waals surface area contributed by atoms with Gasteiger partial charge in [0.15, 0.2) is 0 Å². The van der Waals surface area contributed by atoms with Crippen molar-refractivity contribution < 1.29 is 13.9 Å². The number of aromatic nitrogens is 5. The maximum absolute atomic E-state index is 13.5. The number of amides is 1. The maximum atomic E-state index is 13.5. The van der Waals surface area contributed by atoms with Gasteiger partial charge >= 0.3 is 5.69 Å². The van der Waals surface area contributed by atoms with Crippen LogP contribution in [0, 0.1) is 5.95 Å². The zero-order valence-corrected chi connectivity index (χ0v) is 25.2. The fraction of sp³-hybridized carbons (Fsp3) is 0.344. The van der Waals surface area contributed by atoms with Crippen LogP contribution in [0.1, 0.15) is 47.7 Å². The zero-order chi connectivity index (χ0) is 31.9. The average Bonchev–Trinajstić information content (AvgIpc) is 3.50. The third-order valence-corrected chi connectivity index (χ3v) is 7.51. The number of hydrogen-bond donors (Lipinski definition) is 0. The first-order valence-electron chi connectivity index (χ1n) is 14.8. The highest BCUT2D eigenvalue weighted by Gasteiger charge is 2.27. The molecule has 0 atom stereocenters. The molecule has 1 aliphatic heterocycles. The molecule has 5 heterocycles. The van der Waals surface area contributed by atoms with Crippen LogP contribution in [0.2, 0.25) is 0 Å². The van der Waals surface area contributed by atoms with Crippen LogP contribution in [0.3, 0.4) is 0 Å². The summed E-state index contributed by atoms with van der Waals surface area (Å²) >= 11 is 0. The molecule has 1 aliphatic rings. The molecule has 45 heavy (non-hydrogen) atoms. The Morgan fingerprint density at radius 1 is 0.978 bits per heavy atom. The summed E-state index contributed by atoms with van der Waals surface area (Å²) in [6.07, 6.45) is 6.32. The Bertz CT molecular complexity index is 1880. The molecule has 4 aromatic rings. The van der Waals surface area contributed by atoms with E-state index in [1.165, 1.54) is 32.4 Å². The van der Waals surface area contributed by atoms with E-state index in [-0.39, 0.29) is 29.6 Å². The summed E-state index contributed by atoms with van der Waals surface area (Å²) in [6.45, 7) is 3.64. The maximum Gasteiger partial charge on any atom is 0.332 e. The monoisotopic (exact) mass is 615 g/mol. The van der Waals surface area contributed by atoms with Crippen LogP contribution >= 0.6 is 0 Å². The molecule has 0 N–H and O–H groups in total. The summed E-state index contributed by atoms with van der Waals surface area (Å²) in [5.74, 6) is -0.436. The van der Waals surface area contributed by atoms with E-state index in [4.69, 9.17) is 9.73 Å². The summed E-state index contributed by atoms with van der Waals surface area (Å²) in [6, 6.07) is 10.8. The first-order valence-corrected chi connectivity index (χ1v) is 14.8. The summed E-state index contributed by atoms with van der Waals surface area (Å²) in [7, 11) is 1.59. The minimum absolute atomic E-state index is 0.149. The summed E-state index contributed by atoms with van der Waals surface area (Å²) in [5.41, 5.74) is 0.978. The van der Waals surface area contributed by atoms with Crippen LogP contribution in [-0.2, 0) is 30.8 Å². The van der Waals surface area contributed by atoms with Crippen molar-refractivity contribution >= 4 is 23.3 Å². The van der Waals surface area contributed by atoms with E-state index in [0.29, 0.717) is 74.0 Å². The number of pyridine rings is 3. The highest BCUT2D eigenvalue weighted by Crippen LogP contribution is 2.26. The van der Waals surface area contributed by atoms with Gasteiger partial charge in [-0.05, 0) is 49.6 Å². The van der Waals surface area contributed by atoms with Crippen molar-refractivity contribution in [3.8, 4) is 0 Å². The van der Waals surface area contributed by atoms with Crippen LogP contribution in [0.25, 0.3) is 0 Å². The van der Waals surface area contributed by atoms with Crippen molar-refractivity contribution in [2.75, 3.05) is 25.2 Å². The van der Waals surface area contributed by atoms with Gasteiger partial charge in [-0.15, -0.1) is 0 Å². The molecule has 1 amide bonds. The lowest BCUT2D eigenvalue weighted by Gasteiger charge is -2.22. The quantitative estimate of drug-likeness (QED) is 0.167. The highest BCUT2D eigenvalue weighted by molar-refractivity contribution is 6.07. The van der Waals surface area contributed by atoms with E-state index in [1.54, 1.807) is 48.3 Å². The van der Waals surface area contributed by atoms with Gasteiger partial charge in [-0.25, -0.2) is 19.8 Å². The lowest BCUT2D eigenvalue weighted by Crippen LogP contribution is -2.41. The highest BCUT2D eigenvalue weighted by atomic mass is 19.1. The Labute approximate surface area is 258 Å². The number of hydrogen-bond acceptors (Lipinski definition) is 8. The van der Waals surface area contributed by atoms with Gasteiger partial charge in [-0.2, -0.15) is 4.39 Å². The van der Waals surface area contributed by atoms with Gasteiger partial charge in [-0.1, -0.05) is 13.0 Å². The van der Waals surface area contributed by atoms with E-state index in [9.17, 15) is 23.6 Å². The molecule has 0 aliphatic carbocycles. The van der Waals surface area contributed by atoms with Crippen LogP contribution in [0.4, 0.5) is 16.0 Å². The molecule has 234 valence electrons. The summed E-state index contributed by atoms with van der Waals surface area (Å²) in [4.78, 5) is 66.5. The number of nitrogens with zero attached hydrogens (tertiary/aromatic N) is 7. The number of halogens is 1. The number of carbonyl (C=O) groups is 1. The first kappa shape index (κ1) is 31.4. The largest absolute Gasteiger partial charge is 0.385 e. The number of aliphatic imine (C=N–C) groups is 1. The smallest absolute Gasteiger partial charge is 0.332 e. The topological polar surface area (TPSA) is 134 Å². The Kier molecular flexibility index (Phi) is 9.88. The molecule has 13 heteroatoms. The van der Waals surface area contributed by atoms with Crippen LogP contribution in [0.15, 0.2) is 80.4 Å². The Morgan fingerprint density at radius 2 is 1.82 bits per heavy atom. The molecule has 12 nitrogen and oxygen atoms in total. The lowest BCUT2D eigenvalue weighted by molar-refractivity contribution is 0.0985. The normalized spacial score (nSPS) is 12.2. The van der Waals surface area contributed by atoms with Crippen molar-refractivity contribution in [3.63, 3.8) is 0 Å². The lowest BCUT2D eigenvalue weighted by atomic mass is 10.1. The fourth-order valence-electron chi connectivity index (χ4n) is 5.26. The first-order chi connectivity index (χ1) is 21.8. The third-order valence-electron chi connectivity index (χ3n) is 7.51. The second-order valence-electron chi connectivity index (χ2n) is 10.6. The van der Waals surface area contributed by atoms with Crippen molar-refractivity contribution in [2.45, 2.75) is 52.2 Å². The predicted octanol–water partition coefficient (Wildman–Crippen LogP) is 2.96. The van der Waals surface area contributed by atoms with Gasteiger partial charge in [-0.3, -0.25) is 28.4 Å². The third kappa shape index (κ3) is 6.88. The average molecular weight is 616 g/mol. The molecular formula is C32H34FN7O5. The predicted molar refractivity (Wildman–Crippen MR) is 167 cm³/mol. The Hall–Kier alpha value is -5.04. The molecule has 0 saturated heterocycles. The number of carbonyl (C=O) groups excluding carboxylic acids is 1.